The van der Waals surface area contributed by atoms with Gasteiger partial charge in [-0.2, -0.15) is 0 Å². The Balaban J connectivity index is 1.41. The van der Waals surface area contributed by atoms with E-state index in [-0.39, 0.29) is 37.9 Å². The molecule has 0 aliphatic carbocycles. The van der Waals surface area contributed by atoms with Crippen molar-refractivity contribution in [2.75, 3.05) is 44.1 Å². The number of hydrogen-bond acceptors (Lipinski definition) is 7. The summed E-state index contributed by atoms with van der Waals surface area (Å²) in [5.74, 6) is -0.550. The zero-order valence-corrected chi connectivity index (χ0v) is 28.8. The molecule has 0 saturated carbocycles. The molecule has 4 aromatic carbocycles. The Bertz CT molecular complexity index is 1760. The minimum atomic E-state index is -0.714. The van der Waals surface area contributed by atoms with E-state index >= 15 is 0 Å². The summed E-state index contributed by atoms with van der Waals surface area (Å²) >= 11 is 0. The molecule has 1 N–H and O–H groups in total. The summed E-state index contributed by atoms with van der Waals surface area (Å²) in [7, 11) is 2.93. The molecular weight excluding hydrogens is 622 g/mol. The van der Waals surface area contributed by atoms with Gasteiger partial charge in [0.15, 0.2) is 0 Å². The maximum atomic E-state index is 13.5. The van der Waals surface area contributed by atoms with Crippen molar-refractivity contribution < 1.29 is 33.4 Å². The van der Waals surface area contributed by atoms with Crippen molar-refractivity contribution in [3.05, 3.63) is 114 Å². The normalized spacial score (nSPS) is 10.9. The summed E-state index contributed by atoms with van der Waals surface area (Å²) in [5.41, 5.74) is 4.22. The second-order valence-electron chi connectivity index (χ2n) is 12.4. The van der Waals surface area contributed by atoms with Gasteiger partial charge in [0.2, 0.25) is 0 Å². The lowest BCUT2D eigenvalue weighted by atomic mass is 9.98. The van der Waals surface area contributed by atoms with Crippen molar-refractivity contribution in [3.8, 4) is 16.9 Å². The predicted molar refractivity (Wildman–Crippen MR) is 190 cm³/mol. The van der Waals surface area contributed by atoms with Crippen molar-refractivity contribution in [2.24, 2.45) is 0 Å². The predicted octanol–water partition coefficient (Wildman–Crippen LogP) is 7.37. The number of aryl methyl sites for hydroxylation is 1. The number of esters is 1. The summed E-state index contributed by atoms with van der Waals surface area (Å²) in [6.07, 6.45) is -0.567. The molecule has 0 aromatic heterocycles. The van der Waals surface area contributed by atoms with E-state index in [4.69, 9.17) is 14.2 Å². The van der Waals surface area contributed by atoms with Crippen molar-refractivity contribution in [2.45, 2.75) is 39.7 Å². The number of carbonyl (C=O) groups is 4. The lowest BCUT2D eigenvalue weighted by Gasteiger charge is -2.27. The third kappa shape index (κ3) is 10.2. The van der Waals surface area contributed by atoms with Crippen LogP contribution in [0.1, 0.15) is 53.5 Å². The van der Waals surface area contributed by atoms with E-state index in [2.05, 4.69) is 5.32 Å². The van der Waals surface area contributed by atoms with Gasteiger partial charge in [0.1, 0.15) is 18.0 Å². The smallest absolute Gasteiger partial charge is 0.410 e. The third-order valence-corrected chi connectivity index (χ3v) is 7.54. The van der Waals surface area contributed by atoms with Gasteiger partial charge >= 0.3 is 12.1 Å². The molecule has 4 rings (SSSR count). The first kappa shape index (κ1) is 36.2. The molecule has 0 fully saturated rings. The van der Waals surface area contributed by atoms with E-state index in [0.29, 0.717) is 28.3 Å². The fourth-order valence-electron chi connectivity index (χ4n) is 4.93. The Kier molecular flexibility index (Phi) is 12.2. The largest absolute Gasteiger partial charge is 0.490 e. The second kappa shape index (κ2) is 16.5. The summed E-state index contributed by atoms with van der Waals surface area (Å²) in [6, 6.07) is 29.2. The van der Waals surface area contributed by atoms with Crippen molar-refractivity contribution >= 4 is 35.3 Å². The van der Waals surface area contributed by atoms with Crippen molar-refractivity contribution in [1.29, 1.82) is 0 Å². The zero-order chi connectivity index (χ0) is 35.6. The molecule has 10 nitrogen and oxygen atoms in total. The number of hydrogen-bond donors (Lipinski definition) is 1. The van der Waals surface area contributed by atoms with Gasteiger partial charge in [-0.1, -0.05) is 60.2 Å². The number of ether oxygens (including phenoxy) is 3. The molecule has 0 bridgehead atoms. The fourth-order valence-corrected chi connectivity index (χ4v) is 4.93. The highest BCUT2D eigenvalue weighted by molar-refractivity contribution is 6.09. The van der Waals surface area contributed by atoms with Crippen LogP contribution in [0.15, 0.2) is 97.1 Å². The molecule has 0 heterocycles. The van der Waals surface area contributed by atoms with Crippen LogP contribution in [0.2, 0.25) is 0 Å². The molecular formula is C39H43N3O7. The Morgan fingerprint density at radius 3 is 2.12 bits per heavy atom. The van der Waals surface area contributed by atoms with Crippen LogP contribution in [0.4, 0.5) is 16.2 Å². The summed E-state index contributed by atoms with van der Waals surface area (Å²) < 4.78 is 16.2. The van der Waals surface area contributed by atoms with Crippen molar-refractivity contribution in [1.82, 2.24) is 4.90 Å². The van der Waals surface area contributed by atoms with Gasteiger partial charge in [-0.25, -0.2) is 4.79 Å². The number of anilines is 2. The molecule has 0 atom stereocenters. The molecule has 49 heavy (non-hydrogen) atoms. The molecule has 0 aliphatic heterocycles. The molecule has 0 unspecified atom stereocenters. The van der Waals surface area contributed by atoms with Gasteiger partial charge in [-0.3, -0.25) is 14.4 Å². The number of benzene rings is 4. The quantitative estimate of drug-likeness (QED) is 0.157. The molecule has 0 aliphatic rings. The van der Waals surface area contributed by atoms with E-state index in [1.54, 1.807) is 82.4 Å². The van der Waals surface area contributed by atoms with Gasteiger partial charge < -0.3 is 29.3 Å². The monoisotopic (exact) mass is 665 g/mol. The Morgan fingerprint density at radius 2 is 1.45 bits per heavy atom. The van der Waals surface area contributed by atoms with E-state index in [9.17, 15) is 19.2 Å². The zero-order valence-electron chi connectivity index (χ0n) is 28.8. The molecule has 3 amide bonds. The maximum absolute atomic E-state index is 13.5. The van der Waals surface area contributed by atoms with E-state index < -0.39 is 17.7 Å². The number of carbonyl (C=O) groups excluding carboxylic acids is 4. The Morgan fingerprint density at radius 1 is 0.796 bits per heavy atom. The molecule has 4 aromatic rings. The first-order valence-electron chi connectivity index (χ1n) is 16.0. The topological polar surface area (TPSA) is 114 Å². The highest BCUT2D eigenvalue weighted by Crippen LogP contribution is 2.29. The number of rotatable bonds is 12. The lowest BCUT2D eigenvalue weighted by molar-refractivity contribution is -0.140. The number of methoxy groups -OCH3 is 1. The number of para-hydroxylation sites is 2. The highest BCUT2D eigenvalue weighted by atomic mass is 16.6. The maximum Gasteiger partial charge on any atom is 0.410 e. The van der Waals surface area contributed by atoms with Crippen molar-refractivity contribution in [3.63, 3.8) is 0 Å². The van der Waals surface area contributed by atoms with Crippen LogP contribution in [0.25, 0.3) is 11.1 Å². The van der Waals surface area contributed by atoms with Crippen LogP contribution in [0.5, 0.6) is 5.75 Å². The van der Waals surface area contributed by atoms with Crippen LogP contribution in [-0.2, 0) is 14.3 Å². The minimum Gasteiger partial charge on any atom is -0.490 e. The summed E-state index contributed by atoms with van der Waals surface area (Å²) in [4.78, 5) is 54.2. The molecule has 10 heteroatoms. The first-order valence-corrected chi connectivity index (χ1v) is 16.0. The first-order chi connectivity index (χ1) is 23.4. The number of amides is 3. The third-order valence-electron chi connectivity index (χ3n) is 7.54. The molecule has 0 spiro atoms. The minimum absolute atomic E-state index is 0.00671. The van der Waals surface area contributed by atoms with Gasteiger partial charge in [0, 0.05) is 30.4 Å². The average Bonchev–Trinajstić information content (AvgIpc) is 3.09. The van der Waals surface area contributed by atoms with Gasteiger partial charge in [-0.15, -0.1) is 0 Å². The standard InChI is InChI=1S/C39H43N3O7/c1-27-15-17-28(18-16-27)31-11-7-8-12-32(31)36(44)40-30-21-19-29(20-22-30)37(45)41(5)33-13-9-10-14-34(33)48-26-25-42(24-23-35(43)47-6)38(46)49-39(2,3)4/h7-22H,23-26H2,1-6H3,(H,40,44). The Hall–Kier alpha value is -5.64. The SMILES string of the molecule is COC(=O)CCN(CCOc1ccccc1N(C)C(=O)c1ccc(NC(=O)c2ccccc2-c2ccc(C)cc2)cc1)C(=O)OC(C)(C)C. The van der Waals surface area contributed by atoms with E-state index in [1.807, 2.05) is 49.4 Å². The van der Waals surface area contributed by atoms with Crippen LogP contribution in [0.3, 0.4) is 0 Å². The number of nitrogens with one attached hydrogen (secondary N) is 1. The van der Waals surface area contributed by atoms with Gasteiger partial charge in [-0.05, 0) is 81.3 Å². The molecule has 0 saturated heterocycles. The van der Waals surface area contributed by atoms with E-state index in [1.165, 1.54) is 16.9 Å². The fraction of sp³-hybridized carbons (Fsp3) is 0.282. The summed E-state index contributed by atoms with van der Waals surface area (Å²) in [6.45, 7) is 7.63. The van der Waals surface area contributed by atoms with Crippen LogP contribution in [0, 0.1) is 6.92 Å². The van der Waals surface area contributed by atoms with Gasteiger partial charge in [0.05, 0.1) is 25.8 Å². The van der Waals surface area contributed by atoms with Gasteiger partial charge in [0.25, 0.3) is 11.8 Å². The molecule has 0 radical (unpaired) electrons. The Labute approximate surface area is 287 Å². The second-order valence-corrected chi connectivity index (χ2v) is 12.4. The highest BCUT2D eigenvalue weighted by Gasteiger charge is 2.24. The van der Waals surface area contributed by atoms with Crippen LogP contribution in [-0.4, -0.2) is 68.2 Å². The average molecular weight is 666 g/mol. The molecule has 256 valence electrons. The summed E-state index contributed by atoms with van der Waals surface area (Å²) in [5, 5.41) is 2.94. The van der Waals surface area contributed by atoms with Crippen LogP contribution < -0.4 is 15.0 Å². The lowest BCUT2D eigenvalue weighted by Crippen LogP contribution is -2.40. The van der Waals surface area contributed by atoms with Crippen LogP contribution >= 0.6 is 0 Å². The number of nitrogens with zero attached hydrogens (tertiary/aromatic N) is 2. The van der Waals surface area contributed by atoms with E-state index in [0.717, 1.165) is 16.7 Å².